The lowest BCUT2D eigenvalue weighted by atomic mass is 10.1. The van der Waals surface area contributed by atoms with Gasteiger partial charge >= 0.3 is 0 Å². The normalized spacial score (nSPS) is 10.7. The molecule has 0 radical (unpaired) electrons. The number of hydrogen-bond acceptors (Lipinski definition) is 1. The zero-order valence-electron chi connectivity index (χ0n) is 12.0. The van der Waals surface area contributed by atoms with Crippen LogP contribution >= 0.6 is 0 Å². The maximum absolute atomic E-state index is 12.3. The summed E-state index contributed by atoms with van der Waals surface area (Å²) in [6.45, 7) is 0.643. The van der Waals surface area contributed by atoms with E-state index in [9.17, 15) is 4.79 Å². The lowest BCUT2D eigenvalue weighted by molar-refractivity contribution is -0.129. The first-order chi connectivity index (χ1) is 10.2. The molecule has 2 aromatic carbocycles. The molecule has 3 aromatic rings. The molecule has 0 fully saturated rings. The van der Waals surface area contributed by atoms with Crippen LogP contribution in [0.5, 0.6) is 0 Å². The molecule has 1 aromatic heterocycles. The molecule has 3 rings (SSSR count). The van der Waals surface area contributed by atoms with Crippen molar-refractivity contribution in [1.29, 1.82) is 0 Å². The molecule has 0 atom stereocenters. The minimum Gasteiger partial charge on any atom is -0.361 e. The summed E-state index contributed by atoms with van der Waals surface area (Å²) in [6, 6.07) is 18.2. The first-order valence-corrected chi connectivity index (χ1v) is 7.06. The minimum atomic E-state index is 0.129. The first kappa shape index (κ1) is 13.4. The fourth-order valence-electron chi connectivity index (χ4n) is 2.46. The molecule has 0 bridgehead atoms. The third-order valence-electron chi connectivity index (χ3n) is 3.66. The number of rotatable bonds is 4. The second-order valence-electron chi connectivity index (χ2n) is 5.31. The maximum Gasteiger partial charge on any atom is 0.227 e. The summed E-state index contributed by atoms with van der Waals surface area (Å²) < 4.78 is 0. The molecule has 0 aliphatic carbocycles. The second-order valence-corrected chi connectivity index (χ2v) is 5.31. The van der Waals surface area contributed by atoms with E-state index < -0.39 is 0 Å². The fraction of sp³-hybridized carbons (Fsp3) is 0.167. The number of amides is 1. The van der Waals surface area contributed by atoms with Crippen LogP contribution in [0.3, 0.4) is 0 Å². The van der Waals surface area contributed by atoms with Gasteiger partial charge in [-0.1, -0.05) is 42.5 Å². The number of aromatic amines is 1. The number of aromatic nitrogens is 1. The number of H-pyrrole nitrogens is 1. The number of likely N-dealkylation sites (N-methyl/N-ethyl adjacent to an activating group) is 1. The van der Waals surface area contributed by atoms with E-state index in [1.807, 2.05) is 67.8 Å². The summed E-state index contributed by atoms with van der Waals surface area (Å²) in [7, 11) is 1.85. The van der Waals surface area contributed by atoms with Crippen molar-refractivity contribution in [3.63, 3.8) is 0 Å². The van der Waals surface area contributed by atoms with Crippen molar-refractivity contribution in [2.75, 3.05) is 7.05 Å². The van der Waals surface area contributed by atoms with Crippen LogP contribution in [0.25, 0.3) is 10.9 Å². The number of benzene rings is 2. The van der Waals surface area contributed by atoms with Gasteiger partial charge in [-0.2, -0.15) is 0 Å². The lowest BCUT2D eigenvalue weighted by Crippen LogP contribution is -2.27. The Morgan fingerprint density at radius 1 is 1.05 bits per heavy atom. The Morgan fingerprint density at radius 2 is 1.86 bits per heavy atom. The third kappa shape index (κ3) is 3.14. The summed E-state index contributed by atoms with van der Waals surface area (Å²) in [5.74, 6) is 0.129. The molecule has 3 heteroatoms. The zero-order chi connectivity index (χ0) is 14.7. The van der Waals surface area contributed by atoms with E-state index in [0.717, 1.165) is 16.6 Å². The molecule has 0 aliphatic rings. The van der Waals surface area contributed by atoms with Crippen LogP contribution in [0, 0.1) is 0 Å². The van der Waals surface area contributed by atoms with Gasteiger partial charge < -0.3 is 9.88 Å². The highest BCUT2D eigenvalue weighted by Gasteiger charge is 2.10. The Balaban J connectivity index is 1.67. The van der Waals surface area contributed by atoms with E-state index in [0.29, 0.717) is 13.0 Å². The van der Waals surface area contributed by atoms with Gasteiger partial charge in [0.05, 0.1) is 6.42 Å². The summed E-state index contributed by atoms with van der Waals surface area (Å²) in [4.78, 5) is 17.3. The van der Waals surface area contributed by atoms with Crippen molar-refractivity contribution in [1.82, 2.24) is 9.88 Å². The van der Waals surface area contributed by atoms with Crippen LogP contribution in [0.15, 0.2) is 60.8 Å². The summed E-state index contributed by atoms with van der Waals surface area (Å²) >= 11 is 0. The average molecular weight is 278 g/mol. The minimum absolute atomic E-state index is 0.129. The Morgan fingerprint density at radius 3 is 2.67 bits per heavy atom. The molecule has 1 amide bonds. The van der Waals surface area contributed by atoms with Crippen LogP contribution in [-0.2, 0) is 17.8 Å². The highest BCUT2D eigenvalue weighted by molar-refractivity contribution is 5.83. The Bertz CT molecular complexity index is 746. The molecule has 106 valence electrons. The quantitative estimate of drug-likeness (QED) is 0.780. The van der Waals surface area contributed by atoms with E-state index in [-0.39, 0.29) is 5.91 Å². The van der Waals surface area contributed by atoms with Gasteiger partial charge in [0.2, 0.25) is 5.91 Å². The lowest BCUT2D eigenvalue weighted by Gasteiger charge is -2.17. The van der Waals surface area contributed by atoms with Crippen LogP contribution < -0.4 is 0 Å². The number of nitrogens with one attached hydrogen (secondary N) is 1. The number of carbonyl (C=O) groups is 1. The Hall–Kier alpha value is -2.55. The largest absolute Gasteiger partial charge is 0.361 e. The van der Waals surface area contributed by atoms with Crippen LogP contribution in [-0.4, -0.2) is 22.8 Å². The van der Waals surface area contributed by atoms with Crippen molar-refractivity contribution in [3.05, 3.63) is 71.9 Å². The van der Waals surface area contributed by atoms with Gasteiger partial charge in [0.15, 0.2) is 0 Å². The van der Waals surface area contributed by atoms with Gasteiger partial charge in [-0.05, 0) is 28.6 Å². The van der Waals surface area contributed by atoms with Gasteiger partial charge in [0.25, 0.3) is 0 Å². The number of nitrogens with zero attached hydrogens (tertiary/aromatic N) is 1. The Labute approximate surface area is 124 Å². The molecule has 1 heterocycles. The van der Waals surface area contributed by atoms with Gasteiger partial charge in [-0.15, -0.1) is 0 Å². The number of fused-ring (bicyclic) bond motifs is 1. The smallest absolute Gasteiger partial charge is 0.227 e. The van der Waals surface area contributed by atoms with E-state index in [1.165, 1.54) is 5.39 Å². The SMILES string of the molecule is CN(Cc1ccccc1)C(=O)Cc1ccc2cc[nH]c2c1. The molecular weight excluding hydrogens is 260 g/mol. The molecule has 0 spiro atoms. The summed E-state index contributed by atoms with van der Waals surface area (Å²) in [5, 5.41) is 1.17. The highest BCUT2D eigenvalue weighted by Crippen LogP contribution is 2.15. The van der Waals surface area contributed by atoms with Crippen LogP contribution in [0.1, 0.15) is 11.1 Å². The zero-order valence-corrected chi connectivity index (χ0v) is 12.0. The van der Waals surface area contributed by atoms with Crippen molar-refractivity contribution in [2.24, 2.45) is 0 Å². The predicted octanol–water partition coefficient (Wildman–Crippen LogP) is 3.37. The maximum atomic E-state index is 12.3. The molecular formula is C18H18N2O. The molecule has 0 saturated carbocycles. The fourth-order valence-corrected chi connectivity index (χ4v) is 2.46. The van der Waals surface area contributed by atoms with Gasteiger partial charge in [-0.25, -0.2) is 0 Å². The van der Waals surface area contributed by atoms with Gasteiger partial charge in [0, 0.05) is 25.3 Å². The molecule has 0 unspecified atom stereocenters. The second kappa shape index (κ2) is 5.83. The van der Waals surface area contributed by atoms with Crippen molar-refractivity contribution in [3.8, 4) is 0 Å². The van der Waals surface area contributed by atoms with E-state index in [1.54, 1.807) is 4.90 Å². The predicted molar refractivity (Wildman–Crippen MR) is 84.9 cm³/mol. The van der Waals surface area contributed by atoms with Crippen LogP contribution in [0.4, 0.5) is 0 Å². The average Bonchev–Trinajstić information content (AvgIpc) is 2.95. The van der Waals surface area contributed by atoms with Crippen molar-refractivity contribution < 1.29 is 4.79 Å². The third-order valence-corrected chi connectivity index (χ3v) is 3.66. The first-order valence-electron chi connectivity index (χ1n) is 7.06. The highest BCUT2D eigenvalue weighted by atomic mass is 16.2. The molecule has 1 N–H and O–H groups in total. The van der Waals surface area contributed by atoms with Gasteiger partial charge in [-0.3, -0.25) is 4.79 Å². The molecule has 0 aliphatic heterocycles. The van der Waals surface area contributed by atoms with Crippen LogP contribution in [0.2, 0.25) is 0 Å². The monoisotopic (exact) mass is 278 g/mol. The van der Waals surface area contributed by atoms with Crippen molar-refractivity contribution >= 4 is 16.8 Å². The summed E-state index contributed by atoms with van der Waals surface area (Å²) in [5.41, 5.74) is 3.26. The Kier molecular flexibility index (Phi) is 3.73. The van der Waals surface area contributed by atoms with Gasteiger partial charge in [0.1, 0.15) is 0 Å². The number of hydrogen-bond donors (Lipinski definition) is 1. The van der Waals surface area contributed by atoms with E-state index in [2.05, 4.69) is 4.98 Å². The topological polar surface area (TPSA) is 36.1 Å². The standard InChI is InChI=1S/C18H18N2O/c1-20(13-14-5-3-2-4-6-14)18(21)12-15-7-8-16-9-10-19-17(16)11-15/h2-11,19H,12-13H2,1H3. The summed E-state index contributed by atoms with van der Waals surface area (Å²) in [6.07, 6.45) is 2.34. The van der Waals surface area contributed by atoms with E-state index in [4.69, 9.17) is 0 Å². The number of carbonyl (C=O) groups excluding carboxylic acids is 1. The molecule has 21 heavy (non-hydrogen) atoms. The van der Waals surface area contributed by atoms with E-state index >= 15 is 0 Å². The molecule has 0 saturated heterocycles. The van der Waals surface area contributed by atoms with Crippen molar-refractivity contribution in [2.45, 2.75) is 13.0 Å². The molecule has 3 nitrogen and oxygen atoms in total.